The van der Waals surface area contributed by atoms with Gasteiger partial charge in [0.05, 0.1) is 5.69 Å². The summed E-state index contributed by atoms with van der Waals surface area (Å²) in [6, 6.07) is 23.0. The van der Waals surface area contributed by atoms with E-state index in [0.717, 1.165) is 11.4 Å². The highest BCUT2D eigenvalue weighted by atomic mass is 16.5. The highest BCUT2D eigenvalue weighted by molar-refractivity contribution is 5.89. The number of pyridine rings is 1. The molecule has 0 saturated heterocycles. The van der Waals surface area contributed by atoms with Crippen molar-refractivity contribution in [3.05, 3.63) is 84.7 Å². The van der Waals surface area contributed by atoms with Gasteiger partial charge in [-0.05, 0) is 43.3 Å². The lowest BCUT2D eigenvalue weighted by atomic mass is 10.2. The predicted molar refractivity (Wildman–Crippen MR) is 116 cm³/mol. The standard InChI is InChI=1S/C23H26N4O2/c1-18(27(2)21-11-4-3-5-12-21)16-25-23(28)26-19-10-8-13-22(15-19)29-17-20-9-6-7-14-24-20/h3-15,18H,16-17H2,1-2H3,(H2,25,26,28)/t18-/m1/s1. The summed E-state index contributed by atoms with van der Waals surface area (Å²) < 4.78 is 5.75. The molecule has 150 valence electrons. The number of amides is 2. The van der Waals surface area contributed by atoms with Crippen LogP contribution in [0.5, 0.6) is 5.75 Å². The van der Waals surface area contributed by atoms with Gasteiger partial charge in [0.25, 0.3) is 0 Å². The first-order valence-corrected chi connectivity index (χ1v) is 9.57. The summed E-state index contributed by atoms with van der Waals surface area (Å²) in [4.78, 5) is 18.6. The van der Waals surface area contributed by atoms with E-state index in [4.69, 9.17) is 4.74 Å². The normalized spacial score (nSPS) is 11.4. The van der Waals surface area contributed by atoms with Gasteiger partial charge in [0.1, 0.15) is 12.4 Å². The maximum Gasteiger partial charge on any atom is 0.319 e. The Bertz CT molecular complexity index is 903. The van der Waals surface area contributed by atoms with Crippen molar-refractivity contribution in [3.63, 3.8) is 0 Å². The molecule has 0 bridgehead atoms. The summed E-state index contributed by atoms with van der Waals surface area (Å²) in [6.07, 6.45) is 1.73. The second-order valence-electron chi connectivity index (χ2n) is 6.77. The Morgan fingerprint density at radius 3 is 2.62 bits per heavy atom. The molecule has 6 nitrogen and oxygen atoms in total. The number of rotatable bonds is 8. The molecule has 2 amide bonds. The molecule has 2 N–H and O–H groups in total. The van der Waals surface area contributed by atoms with E-state index < -0.39 is 0 Å². The lowest BCUT2D eigenvalue weighted by Gasteiger charge is -2.27. The fourth-order valence-electron chi connectivity index (χ4n) is 2.77. The van der Waals surface area contributed by atoms with E-state index in [-0.39, 0.29) is 12.1 Å². The Labute approximate surface area is 171 Å². The van der Waals surface area contributed by atoms with Gasteiger partial charge in [0.2, 0.25) is 0 Å². The lowest BCUT2D eigenvalue weighted by Crippen LogP contribution is -2.41. The third-order valence-corrected chi connectivity index (χ3v) is 4.59. The van der Waals surface area contributed by atoms with Crippen LogP contribution in [0.4, 0.5) is 16.2 Å². The van der Waals surface area contributed by atoms with Crippen LogP contribution < -0.4 is 20.3 Å². The number of aromatic nitrogens is 1. The maximum absolute atomic E-state index is 12.3. The van der Waals surface area contributed by atoms with Crippen molar-refractivity contribution >= 4 is 17.4 Å². The Balaban J connectivity index is 1.47. The first kappa shape index (κ1) is 20.2. The van der Waals surface area contributed by atoms with Crippen molar-refractivity contribution in [1.82, 2.24) is 10.3 Å². The monoisotopic (exact) mass is 390 g/mol. The average molecular weight is 390 g/mol. The number of hydrogen-bond acceptors (Lipinski definition) is 4. The second kappa shape index (κ2) is 10.1. The summed E-state index contributed by atoms with van der Waals surface area (Å²) >= 11 is 0. The molecule has 6 heteroatoms. The highest BCUT2D eigenvalue weighted by Crippen LogP contribution is 2.18. The number of para-hydroxylation sites is 1. The molecule has 29 heavy (non-hydrogen) atoms. The van der Waals surface area contributed by atoms with E-state index in [1.54, 1.807) is 12.3 Å². The summed E-state index contributed by atoms with van der Waals surface area (Å²) in [7, 11) is 2.02. The van der Waals surface area contributed by atoms with E-state index in [1.807, 2.05) is 73.8 Å². The fourth-order valence-corrected chi connectivity index (χ4v) is 2.77. The number of nitrogens with zero attached hydrogens (tertiary/aromatic N) is 2. The molecule has 2 aromatic carbocycles. The zero-order valence-electron chi connectivity index (χ0n) is 16.7. The number of anilines is 2. The number of urea groups is 1. The number of nitrogens with one attached hydrogen (secondary N) is 2. The van der Waals surface area contributed by atoms with Crippen LogP contribution in [0, 0.1) is 0 Å². The predicted octanol–water partition coefficient (Wildman–Crippen LogP) is 4.31. The molecule has 1 aromatic heterocycles. The molecule has 0 aliphatic rings. The molecular formula is C23H26N4O2. The van der Waals surface area contributed by atoms with E-state index in [9.17, 15) is 4.79 Å². The second-order valence-corrected chi connectivity index (χ2v) is 6.77. The molecule has 1 heterocycles. The highest BCUT2D eigenvalue weighted by Gasteiger charge is 2.11. The fraction of sp³-hybridized carbons (Fsp3) is 0.217. The number of carbonyl (C=O) groups is 1. The first-order valence-electron chi connectivity index (χ1n) is 9.57. The van der Waals surface area contributed by atoms with E-state index in [0.29, 0.717) is 24.6 Å². The van der Waals surface area contributed by atoms with Gasteiger partial charge in [-0.25, -0.2) is 4.79 Å². The Kier molecular flexibility index (Phi) is 7.05. The molecule has 0 saturated carbocycles. The maximum atomic E-state index is 12.3. The van der Waals surface area contributed by atoms with Crippen molar-refractivity contribution < 1.29 is 9.53 Å². The van der Waals surface area contributed by atoms with Crippen LogP contribution in [0.25, 0.3) is 0 Å². The van der Waals surface area contributed by atoms with Gasteiger partial charge in [0.15, 0.2) is 0 Å². The molecule has 1 atom stereocenters. The molecule has 0 spiro atoms. The Morgan fingerprint density at radius 2 is 1.86 bits per heavy atom. The van der Waals surface area contributed by atoms with Gasteiger partial charge >= 0.3 is 6.03 Å². The van der Waals surface area contributed by atoms with Crippen LogP contribution in [0.3, 0.4) is 0 Å². The molecule has 0 unspecified atom stereocenters. The number of likely N-dealkylation sites (N-methyl/N-ethyl adjacent to an activating group) is 1. The third kappa shape index (κ3) is 6.24. The zero-order chi connectivity index (χ0) is 20.5. The minimum atomic E-state index is -0.250. The van der Waals surface area contributed by atoms with Gasteiger partial charge < -0.3 is 20.3 Å². The molecule has 0 fully saturated rings. The molecule has 3 rings (SSSR count). The molecule has 0 radical (unpaired) electrons. The topological polar surface area (TPSA) is 66.5 Å². The van der Waals surface area contributed by atoms with E-state index >= 15 is 0 Å². The van der Waals surface area contributed by atoms with Gasteiger partial charge in [-0.3, -0.25) is 4.98 Å². The van der Waals surface area contributed by atoms with Crippen molar-refractivity contribution in [3.8, 4) is 5.75 Å². The van der Waals surface area contributed by atoms with Crippen molar-refractivity contribution in [2.24, 2.45) is 0 Å². The largest absolute Gasteiger partial charge is 0.487 e. The minimum absolute atomic E-state index is 0.149. The quantitative estimate of drug-likeness (QED) is 0.602. The van der Waals surface area contributed by atoms with Gasteiger partial charge in [-0.2, -0.15) is 0 Å². The Morgan fingerprint density at radius 1 is 1.07 bits per heavy atom. The Hall–Kier alpha value is -3.54. The van der Waals surface area contributed by atoms with Crippen LogP contribution >= 0.6 is 0 Å². The summed E-state index contributed by atoms with van der Waals surface area (Å²) in [5.74, 6) is 0.672. The molecule has 0 aliphatic carbocycles. The number of ether oxygens (including phenoxy) is 1. The van der Waals surface area contributed by atoms with Crippen LogP contribution in [-0.2, 0) is 6.61 Å². The number of hydrogen-bond donors (Lipinski definition) is 2. The summed E-state index contributed by atoms with van der Waals surface area (Å²) in [6.45, 7) is 2.96. The summed E-state index contributed by atoms with van der Waals surface area (Å²) in [5.41, 5.74) is 2.63. The van der Waals surface area contributed by atoms with Crippen LogP contribution in [-0.4, -0.2) is 30.6 Å². The number of carbonyl (C=O) groups excluding carboxylic acids is 1. The number of benzene rings is 2. The third-order valence-electron chi connectivity index (χ3n) is 4.59. The van der Waals surface area contributed by atoms with Crippen molar-refractivity contribution in [2.75, 3.05) is 23.8 Å². The van der Waals surface area contributed by atoms with E-state index in [2.05, 4.69) is 27.4 Å². The molecule has 3 aromatic rings. The lowest BCUT2D eigenvalue weighted by molar-refractivity contribution is 0.251. The van der Waals surface area contributed by atoms with Crippen LogP contribution in [0.2, 0.25) is 0 Å². The molecular weight excluding hydrogens is 364 g/mol. The van der Waals surface area contributed by atoms with Crippen molar-refractivity contribution in [2.45, 2.75) is 19.6 Å². The van der Waals surface area contributed by atoms with Gasteiger partial charge in [-0.15, -0.1) is 0 Å². The van der Waals surface area contributed by atoms with Gasteiger partial charge in [-0.1, -0.05) is 30.3 Å². The molecule has 0 aliphatic heterocycles. The average Bonchev–Trinajstić information content (AvgIpc) is 2.77. The minimum Gasteiger partial charge on any atom is -0.487 e. The smallest absolute Gasteiger partial charge is 0.319 e. The summed E-state index contributed by atoms with van der Waals surface area (Å²) in [5, 5.41) is 5.77. The van der Waals surface area contributed by atoms with Crippen molar-refractivity contribution in [1.29, 1.82) is 0 Å². The van der Waals surface area contributed by atoms with Crippen LogP contribution in [0.1, 0.15) is 12.6 Å². The first-order chi connectivity index (χ1) is 14.1. The zero-order valence-corrected chi connectivity index (χ0v) is 16.7. The van der Waals surface area contributed by atoms with Gasteiger partial charge in [0, 0.05) is 43.3 Å². The van der Waals surface area contributed by atoms with Crippen LogP contribution in [0.15, 0.2) is 79.0 Å². The van der Waals surface area contributed by atoms with E-state index in [1.165, 1.54) is 0 Å². The SMILES string of the molecule is C[C@H](CNC(=O)Nc1cccc(OCc2ccccn2)c1)N(C)c1ccccc1.